The lowest BCUT2D eigenvalue weighted by atomic mass is 10.0. The summed E-state index contributed by atoms with van der Waals surface area (Å²) < 4.78 is 0. The standard InChI is InChI=1S/C15H16N4/c16-10-12-3-1-2-11-4-9-18-15(14(11)12)19-13-5-7-17-8-6-13/h1-4,9,13,17H,5-8H2,(H,18,19). The van der Waals surface area contributed by atoms with Gasteiger partial charge in [0.2, 0.25) is 0 Å². The molecule has 2 aromatic rings. The summed E-state index contributed by atoms with van der Waals surface area (Å²) in [6, 6.07) is 10.4. The number of hydrogen-bond donors (Lipinski definition) is 2. The molecule has 1 fully saturated rings. The van der Waals surface area contributed by atoms with Crippen LogP contribution in [0, 0.1) is 11.3 Å². The minimum atomic E-state index is 0.436. The Morgan fingerprint density at radius 1 is 1.26 bits per heavy atom. The molecule has 2 N–H and O–H groups in total. The molecule has 19 heavy (non-hydrogen) atoms. The Morgan fingerprint density at radius 3 is 2.89 bits per heavy atom. The molecule has 96 valence electrons. The van der Waals surface area contributed by atoms with Gasteiger partial charge < -0.3 is 10.6 Å². The van der Waals surface area contributed by atoms with Crippen molar-refractivity contribution in [1.29, 1.82) is 5.26 Å². The molecule has 0 spiro atoms. The van der Waals surface area contributed by atoms with E-state index in [1.165, 1.54) is 0 Å². The predicted octanol–water partition coefficient (Wildman–Crippen LogP) is 2.27. The van der Waals surface area contributed by atoms with Crippen LogP contribution in [0.25, 0.3) is 10.8 Å². The lowest BCUT2D eigenvalue weighted by Gasteiger charge is -2.24. The third-order valence-corrected chi connectivity index (χ3v) is 3.59. The van der Waals surface area contributed by atoms with Crippen molar-refractivity contribution in [3.63, 3.8) is 0 Å². The van der Waals surface area contributed by atoms with Crippen LogP contribution in [-0.4, -0.2) is 24.1 Å². The molecule has 0 unspecified atom stereocenters. The summed E-state index contributed by atoms with van der Waals surface area (Å²) in [6.45, 7) is 2.07. The first-order chi connectivity index (χ1) is 9.38. The van der Waals surface area contributed by atoms with Gasteiger partial charge in [0.25, 0.3) is 0 Å². The van der Waals surface area contributed by atoms with E-state index >= 15 is 0 Å². The molecule has 0 aliphatic carbocycles. The van der Waals surface area contributed by atoms with E-state index in [1.807, 2.05) is 24.3 Å². The SMILES string of the molecule is N#Cc1cccc2ccnc(NC3CCNCC3)c12. The normalized spacial score (nSPS) is 16.2. The van der Waals surface area contributed by atoms with E-state index in [-0.39, 0.29) is 0 Å². The second-order valence-corrected chi connectivity index (χ2v) is 4.84. The van der Waals surface area contributed by atoms with Crippen molar-refractivity contribution in [2.75, 3.05) is 18.4 Å². The molecule has 1 aromatic carbocycles. The van der Waals surface area contributed by atoms with Gasteiger partial charge in [0.1, 0.15) is 5.82 Å². The van der Waals surface area contributed by atoms with Gasteiger partial charge in [-0.15, -0.1) is 0 Å². The minimum Gasteiger partial charge on any atom is -0.367 e. The molecule has 3 rings (SSSR count). The van der Waals surface area contributed by atoms with Gasteiger partial charge >= 0.3 is 0 Å². The van der Waals surface area contributed by atoms with Gasteiger partial charge in [-0.3, -0.25) is 0 Å². The van der Waals surface area contributed by atoms with Crippen molar-refractivity contribution in [1.82, 2.24) is 10.3 Å². The first-order valence-electron chi connectivity index (χ1n) is 6.63. The summed E-state index contributed by atoms with van der Waals surface area (Å²) in [4.78, 5) is 4.43. The minimum absolute atomic E-state index is 0.436. The Hall–Kier alpha value is -2.12. The van der Waals surface area contributed by atoms with Gasteiger partial charge in [-0.1, -0.05) is 12.1 Å². The molecular formula is C15H16N4. The van der Waals surface area contributed by atoms with Crippen molar-refractivity contribution < 1.29 is 0 Å². The largest absolute Gasteiger partial charge is 0.367 e. The van der Waals surface area contributed by atoms with Crippen LogP contribution in [0.15, 0.2) is 30.5 Å². The molecule has 1 aromatic heterocycles. The zero-order chi connectivity index (χ0) is 13.1. The first kappa shape index (κ1) is 11.9. The number of piperidine rings is 1. The molecule has 1 saturated heterocycles. The molecule has 0 atom stereocenters. The van der Waals surface area contributed by atoms with E-state index in [0.29, 0.717) is 11.6 Å². The highest BCUT2D eigenvalue weighted by Gasteiger charge is 2.15. The molecule has 0 radical (unpaired) electrons. The summed E-state index contributed by atoms with van der Waals surface area (Å²) in [5, 5.41) is 18.1. The highest BCUT2D eigenvalue weighted by molar-refractivity contribution is 5.96. The smallest absolute Gasteiger partial charge is 0.135 e. The van der Waals surface area contributed by atoms with E-state index in [2.05, 4.69) is 21.7 Å². The van der Waals surface area contributed by atoms with E-state index in [9.17, 15) is 5.26 Å². The monoisotopic (exact) mass is 252 g/mol. The number of fused-ring (bicyclic) bond motifs is 1. The zero-order valence-corrected chi connectivity index (χ0v) is 10.7. The fourth-order valence-electron chi connectivity index (χ4n) is 2.59. The van der Waals surface area contributed by atoms with Gasteiger partial charge in [-0.25, -0.2) is 4.98 Å². The number of nitrogens with zero attached hydrogens (tertiary/aromatic N) is 2. The number of anilines is 1. The second kappa shape index (κ2) is 5.25. The van der Waals surface area contributed by atoms with Crippen LogP contribution >= 0.6 is 0 Å². The van der Waals surface area contributed by atoms with Gasteiger partial charge in [0, 0.05) is 17.6 Å². The summed E-state index contributed by atoms with van der Waals surface area (Å²) in [7, 11) is 0. The number of nitrogens with one attached hydrogen (secondary N) is 2. The Balaban J connectivity index is 2.00. The summed E-state index contributed by atoms with van der Waals surface area (Å²) in [5.41, 5.74) is 0.682. The average Bonchev–Trinajstić information content (AvgIpc) is 2.48. The van der Waals surface area contributed by atoms with Gasteiger partial charge in [-0.05, 0) is 43.5 Å². The van der Waals surface area contributed by atoms with Crippen molar-refractivity contribution in [3.05, 3.63) is 36.0 Å². The Kier molecular flexibility index (Phi) is 3.30. The highest BCUT2D eigenvalue weighted by atomic mass is 15.0. The number of nitriles is 1. The summed E-state index contributed by atoms with van der Waals surface area (Å²) in [5.74, 6) is 0.835. The Bertz CT molecular complexity index is 618. The molecular weight excluding hydrogens is 236 g/mol. The zero-order valence-electron chi connectivity index (χ0n) is 10.7. The maximum absolute atomic E-state index is 9.25. The van der Waals surface area contributed by atoms with E-state index < -0.39 is 0 Å². The second-order valence-electron chi connectivity index (χ2n) is 4.84. The van der Waals surface area contributed by atoms with Crippen molar-refractivity contribution in [2.45, 2.75) is 18.9 Å². The molecule has 1 aliphatic heterocycles. The molecule has 0 saturated carbocycles. The van der Waals surface area contributed by atoms with Crippen LogP contribution < -0.4 is 10.6 Å². The first-order valence-corrected chi connectivity index (χ1v) is 6.63. The molecule has 4 nitrogen and oxygen atoms in total. The lowest BCUT2D eigenvalue weighted by molar-refractivity contribution is 0.478. The number of rotatable bonds is 2. The fourth-order valence-corrected chi connectivity index (χ4v) is 2.59. The predicted molar refractivity (Wildman–Crippen MR) is 76.0 cm³/mol. The van der Waals surface area contributed by atoms with Crippen LogP contribution in [0.4, 0.5) is 5.82 Å². The Morgan fingerprint density at radius 2 is 2.11 bits per heavy atom. The van der Waals surface area contributed by atoms with Crippen LogP contribution in [0.2, 0.25) is 0 Å². The van der Waals surface area contributed by atoms with Gasteiger partial charge in [0.15, 0.2) is 0 Å². The molecule has 0 bridgehead atoms. The lowest BCUT2D eigenvalue weighted by Crippen LogP contribution is -2.35. The van der Waals surface area contributed by atoms with Crippen molar-refractivity contribution in [3.8, 4) is 6.07 Å². The van der Waals surface area contributed by atoms with E-state index in [0.717, 1.165) is 42.5 Å². The third-order valence-electron chi connectivity index (χ3n) is 3.59. The quantitative estimate of drug-likeness (QED) is 0.860. The van der Waals surface area contributed by atoms with Crippen molar-refractivity contribution >= 4 is 16.6 Å². The Labute approximate surface area is 112 Å². The van der Waals surface area contributed by atoms with Gasteiger partial charge in [-0.2, -0.15) is 5.26 Å². The molecule has 2 heterocycles. The summed E-state index contributed by atoms with van der Waals surface area (Å²) >= 11 is 0. The maximum Gasteiger partial charge on any atom is 0.135 e. The third kappa shape index (κ3) is 2.38. The molecule has 1 aliphatic rings. The van der Waals surface area contributed by atoms with Crippen LogP contribution in [0.3, 0.4) is 0 Å². The number of pyridine rings is 1. The topological polar surface area (TPSA) is 60.7 Å². The molecule has 0 amide bonds. The van der Waals surface area contributed by atoms with Crippen molar-refractivity contribution in [2.24, 2.45) is 0 Å². The maximum atomic E-state index is 9.25. The van der Waals surface area contributed by atoms with Crippen LogP contribution in [0.5, 0.6) is 0 Å². The van der Waals surface area contributed by atoms with Crippen LogP contribution in [0.1, 0.15) is 18.4 Å². The fraction of sp³-hybridized carbons (Fsp3) is 0.333. The summed E-state index contributed by atoms with van der Waals surface area (Å²) in [6.07, 6.45) is 3.98. The number of hydrogen-bond acceptors (Lipinski definition) is 4. The number of aromatic nitrogens is 1. The average molecular weight is 252 g/mol. The van der Waals surface area contributed by atoms with E-state index in [1.54, 1.807) is 6.20 Å². The van der Waals surface area contributed by atoms with Crippen LogP contribution in [-0.2, 0) is 0 Å². The van der Waals surface area contributed by atoms with E-state index in [4.69, 9.17) is 0 Å². The van der Waals surface area contributed by atoms with Gasteiger partial charge in [0.05, 0.1) is 11.6 Å². The number of benzene rings is 1. The molecule has 4 heteroatoms. The highest BCUT2D eigenvalue weighted by Crippen LogP contribution is 2.26.